The zero-order chi connectivity index (χ0) is 11.2. The minimum Gasteiger partial charge on any atom is -0.293 e. The van der Waals surface area contributed by atoms with E-state index >= 15 is 0 Å². The first-order valence-electron chi connectivity index (χ1n) is 4.64. The van der Waals surface area contributed by atoms with Gasteiger partial charge in [0.05, 0.1) is 5.56 Å². The molecular weight excluding hydrogens is 205 g/mol. The first-order valence-corrected chi connectivity index (χ1v) is 4.64. The summed E-state index contributed by atoms with van der Waals surface area (Å²) in [7, 11) is 0. The summed E-state index contributed by atoms with van der Waals surface area (Å²) >= 11 is 0. The molecule has 4 heteroatoms. The Morgan fingerprint density at radius 2 is 1.80 bits per heavy atom. The van der Waals surface area contributed by atoms with Crippen molar-refractivity contribution in [2.45, 2.75) is 19.8 Å². The highest BCUT2D eigenvalue weighted by atomic mass is 19.2. The molecule has 0 aromatic heterocycles. The summed E-state index contributed by atoms with van der Waals surface area (Å²) < 4.78 is 38.7. The second-order valence-corrected chi connectivity index (χ2v) is 4.11. The molecule has 1 aliphatic carbocycles. The van der Waals surface area contributed by atoms with Crippen LogP contribution in [0.25, 0.3) is 0 Å². The van der Waals surface area contributed by atoms with Gasteiger partial charge in [-0.2, -0.15) is 0 Å². The van der Waals surface area contributed by atoms with Crippen LogP contribution in [0.4, 0.5) is 13.2 Å². The van der Waals surface area contributed by atoms with Gasteiger partial charge in [-0.1, -0.05) is 6.92 Å². The predicted octanol–water partition coefficient (Wildman–Crippen LogP) is 3.09. The molecule has 1 fully saturated rings. The Bertz CT molecular complexity index is 436. The summed E-state index contributed by atoms with van der Waals surface area (Å²) in [5, 5.41) is 0. The first-order chi connectivity index (χ1) is 6.96. The number of Topliss-reactive ketones (excluding diaryl/α,β-unsaturated/α-hetero) is 1. The van der Waals surface area contributed by atoms with E-state index in [9.17, 15) is 18.0 Å². The number of rotatable bonds is 2. The molecule has 0 radical (unpaired) electrons. The van der Waals surface area contributed by atoms with Crippen LogP contribution in [-0.2, 0) is 0 Å². The predicted molar refractivity (Wildman–Crippen MR) is 48.0 cm³/mol. The largest absolute Gasteiger partial charge is 0.293 e. The smallest absolute Gasteiger partial charge is 0.195 e. The topological polar surface area (TPSA) is 17.1 Å². The SMILES string of the molecule is CC1(C(=O)c2ccc(F)c(F)c2F)CC1. The highest BCUT2D eigenvalue weighted by Gasteiger charge is 2.46. The van der Waals surface area contributed by atoms with Crippen molar-refractivity contribution in [2.24, 2.45) is 5.41 Å². The molecule has 2 rings (SSSR count). The Morgan fingerprint density at radius 3 is 2.33 bits per heavy atom. The summed E-state index contributed by atoms with van der Waals surface area (Å²) in [5.41, 5.74) is -0.931. The molecule has 0 aliphatic heterocycles. The highest BCUT2D eigenvalue weighted by Crippen LogP contribution is 2.47. The summed E-state index contributed by atoms with van der Waals surface area (Å²) in [6.45, 7) is 1.69. The van der Waals surface area contributed by atoms with Gasteiger partial charge in [0.1, 0.15) is 0 Å². The van der Waals surface area contributed by atoms with Gasteiger partial charge < -0.3 is 0 Å². The number of benzene rings is 1. The third-order valence-electron chi connectivity index (χ3n) is 2.83. The monoisotopic (exact) mass is 214 g/mol. The third kappa shape index (κ3) is 1.54. The van der Waals surface area contributed by atoms with Crippen molar-refractivity contribution in [3.8, 4) is 0 Å². The molecule has 0 spiro atoms. The van der Waals surface area contributed by atoms with E-state index in [1.807, 2.05) is 0 Å². The Kier molecular flexibility index (Phi) is 2.10. The molecule has 15 heavy (non-hydrogen) atoms. The van der Waals surface area contributed by atoms with Gasteiger partial charge in [-0.15, -0.1) is 0 Å². The molecular formula is C11H9F3O. The van der Waals surface area contributed by atoms with E-state index < -0.39 is 28.6 Å². The fourth-order valence-corrected chi connectivity index (χ4v) is 1.44. The van der Waals surface area contributed by atoms with Gasteiger partial charge in [0.2, 0.25) is 0 Å². The lowest BCUT2D eigenvalue weighted by Gasteiger charge is -2.08. The number of hydrogen-bond donors (Lipinski definition) is 0. The lowest BCUT2D eigenvalue weighted by molar-refractivity contribution is 0.0907. The summed E-state index contributed by atoms with van der Waals surface area (Å²) in [5.74, 6) is -4.68. The van der Waals surface area contributed by atoms with Crippen LogP contribution >= 0.6 is 0 Å². The number of carbonyl (C=O) groups is 1. The quantitative estimate of drug-likeness (QED) is 0.546. The van der Waals surface area contributed by atoms with Gasteiger partial charge in [-0.25, -0.2) is 13.2 Å². The van der Waals surface area contributed by atoms with Gasteiger partial charge in [-0.05, 0) is 25.0 Å². The number of carbonyl (C=O) groups excluding carboxylic acids is 1. The zero-order valence-electron chi connectivity index (χ0n) is 8.11. The van der Waals surface area contributed by atoms with E-state index in [-0.39, 0.29) is 5.56 Å². The molecule has 0 atom stereocenters. The van der Waals surface area contributed by atoms with Crippen molar-refractivity contribution in [1.82, 2.24) is 0 Å². The fraction of sp³-hybridized carbons (Fsp3) is 0.364. The van der Waals surface area contributed by atoms with Crippen LogP contribution in [0.2, 0.25) is 0 Å². The van der Waals surface area contributed by atoms with Crippen molar-refractivity contribution >= 4 is 5.78 Å². The fourth-order valence-electron chi connectivity index (χ4n) is 1.44. The third-order valence-corrected chi connectivity index (χ3v) is 2.83. The van der Waals surface area contributed by atoms with Crippen LogP contribution in [0.5, 0.6) is 0 Å². The van der Waals surface area contributed by atoms with Crippen LogP contribution in [0.15, 0.2) is 12.1 Å². The van der Waals surface area contributed by atoms with Crippen LogP contribution in [-0.4, -0.2) is 5.78 Å². The minimum absolute atomic E-state index is 0.353. The second kappa shape index (κ2) is 3.08. The van der Waals surface area contributed by atoms with Gasteiger partial charge in [0, 0.05) is 5.41 Å². The molecule has 80 valence electrons. The van der Waals surface area contributed by atoms with Crippen LogP contribution in [0, 0.1) is 22.9 Å². The summed E-state index contributed by atoms with van der Waals surface area (Å²) in [6.07, 6.45) is 1.34. The Balaban J connectivity index is 2.45. The highest BCUT2D eigenvalue weighted by molar-refractivity contribution is 6.02. The van der Waals surface area contributed by atoms with Crippen molar-refractivity contribution in [3.63, 3.8) is 0 Å². The molecule has 0 N–H and O–H groups in total. The first kappa shape index (κ1) is 10.2. The maximum absolute atomic E-state index is 13.2. The summed E-state index contributed by atoms with van der Waals surface area (Å²) in [4.78, 5) is 11.7. The van der Waals surface area contributed by atoms with Crippen molar-refractivity contribution in [2.75, 3.05) is 0 Å². The van der Waals surface area contributed by atoms with E-state index in [4.69, 9.17) is 0 Å². The molecule has 1 saturated carbocycles. The standard InChI is InChI=1S/C11H9F3O/c1-11(4-5-11)10(15)6-2-3-7(12)9(14)8(6)13/h2-3H,4-5H2,1H3. The van der Waals surface area contributed by atoms with E-state index in [2.05, 4.69) is 0 Å². The molecule has 0 saturated heterocycles. The lowest BCUT2D eigenvalue weighted by Crippen LogP contribution is -2.15. The average Bonchev–Trinajstić information content (AvgIpc) is 2.94. The maximum atomic E-state index is 13.2. The lowest BCUT2D eigenvalue weighted by atomic mass is 9.96. The van der Waals surface area contributed by atoms with Crippen LogP contribution in [0.1, 0.15) is 30.1 Å². The van der Waals surface area contributed by atoms with Gasteiger partial charge in [0.15, 0.2) is 23.2 Å². The van der Waals surface area contributed by atoms with Crippen molar-refractivity contribution in [1.29, 1.82) is 0 Å². The zero-order valence-corrected chi connectivity index (χ0v) is 8.11. The molecule has 1 nitrogen and oxygen atoms in total. The molecule has 0 unspecified atom stereocenters. The average molecular weight is 214 g/mol. The number of halogens is 3. The van der Waals surface area contributed by atoms with E-state index in [0.29, 0.717) is 12.8 Å². The molecule has 0 bridgehead atoms. The minimum atomic E-state index is -1.58. The van der Waals surface area contributed by atoms with Crippen molar-refractivity contribution in [3.05, 3.63) is 35.1 Å². The molecule has 1 aliphatic rings. The Labute approximate surface area is 84.9 Å². The molecule has 1 aromatic rings. The van der Waals surface area contributed by atoms with Gasteiger partial charge in [0.25, 0.3) is 0 Å². The molecule has 0 heterocycles. The number of hydrogen-bond acceptors (Lipinski definition) is 1. The van der Waals surface area contributed by atoms with E-state index in [0.717, 1.165) is 12.1 Å². The number of ketones is 1. The van der Waals surface area contributed by atoms with Gasteiger partial charge >= 0.3 is 0 Å². The second-order valence-electron chi connectivity index (χ2n) is 4.11. The van der Waals surface area contributed by atoms with E-state index in [1.165, 1.54) is 0 Å². The molecule has 1 aromatic carbocycles. The molecule has 0 amide bonds. The Morgan fingerprint density at radius 1 is 1.20 bits per heavy atom. The van der Waals surface area contributed by atoms with Crippen LogP contribution < -0.4 is 0 Å². The van der Waals surface area contributed by atoms with Gasteiger partial charge in [-0.3, -0.25) is 4.79 Å². The van der Waals surface area contributed by atoms with Crippen molar-refractivity contribution < 1.29 is 18.0 Å². The maximum Gasteiger partial charge on any atom is 0.195 e. The summed E-state index contributed by atoms with van der Waals surface area (Å²) in [6, 6.07) is 1.77. The Hall–Kier alpha value is -1.32. The normalized spacial score (nSPS) is 17.6. The van der Waals surface area contributed by atoms with Crippen LogP contribution in [0.3, 0.4) is 0 Å². The van der Waals surface area contributed by atoms with E-state index in [1.54, 1.807) is 6.92 Å².